The summed E-state index contributed by atoms with van der Waals surface area (Å²) in [5.74, 6) is -0.435. The van der Waals surface area contributed by atoms with Crippen molar-refractivity contribution in [3.63, 3.8) is 0 Å². The third-order valence-corrected chi connectivity index (χ3v) is 7.85. The van der Waals surface area contributed by atoms with E-state index in [9.17, 15) is 26.8 Å². The second-order valence-electron chi connectivity index (χ2n) is 10.5. The van der Waals surface area contributed by atoms with Gasteiger partial charge in [0.05, 0.1) is 0 Å². The summed E-state index contributed by atoms with van der Waals surface area (Å²) >= 11 is 0. The smallest absolute Gasteiger partial charge is 0.264 e. The van der Waals surface area contributed by atoms with Gasteiger partial charge in [-0.25, -0.2) is 4.89 Å². The Balaban J connectivity index is 2.60. The monoisotopic (exact) mass is 557 g/mol. The molecule has 2 aromatic rings. The predicted molar refractivity (Wildman–Crippen MR) is 142 cm³/mol. The van der Waals surface area contributed by atoms with Gasteiger partial charge in [0, 0.05) is 5.56 Å². The van der Waals surface area contributed by atoms with Gasteiger partial charge >= 0.3 is 16.3 Å². The van der Waals surface area contributed by atoms with Crippen molar-refractivity contribution >= 4 is 15.8 Å². The lowest BCUT2D eigenvalue weighted by molar-refractivity contribution is -0.293. The van der Waals surface area contributed by atoms with Crippen LogP contribution in [-0.2, 0) is 19.3 Å². The van der Waals surface area contributed by atoms with E-state index in [0.717, 1.165) is 17.7 Å². The zero-order valence-electron chi connectivity index (χ0n) is 23.1. The first-order chi connectivity index (χ1) is 17.5. The van der Waals surface area contributed by atoms with Crippen molar-refractivity contribution in [2.75, 3.05) is 0 Å². The standard InChI is InChI=1S/C28H38F3NO5S/c1-9-19(8)25(36-33)20-10-12-21(13-11-20)27(28(29,30)31)32-37-38(34,35)26-23(17(4)5)14-22(16(2)3)15-24(26)18(6)7/h10-19,25,33H,9H2,1-8H3/b32-27+. The quantitative estimate of drug-likeness (QED) is 0.171. The molecule has 0 aromatic heterocycles. The highest BCUT2D eigenvalue weighted by Crippen LogP contribution is 2.36. The first kappa shape index (κ1) is 31.8. The van der Waals surface area contributed by atoms with E-state index in [4.69, 9.17) is 4.28 Å². The van der Waals surface area contributed by atoms with Crippen LogP contribution in [0.5, 0.6) is 0 Å². The van der Waals surface area contributed by atoms with Gasteiger partial charge in [0.1, 0.15) is 11.0 Å². The lowest BCUT2D eigenvalue weighted by Crippen LogP contribution is -2.25. The Morgan fingerprint density at radius 2 is 1.39 bits per heavy atom. The number of rotatable bonds is 11. The van der Waals surface area contributed by atoms with E-state index >= 15 is 0 Å². The van der Waals surface area contributed by atoms with Gasteiger partial charge in [-0.15, -0.1) is 0 Å². The maximum absolute atomic E-state index is 14.0. The van der Waals surface area contributed by atoms with Crippen molar-refractivity contribution in [3.05, 3.63) is 64.2 Å². The minimum absolute atomic E-state index is 0.0949. The summed E-state index contributed by atoms with van der Waals surface area (Å²) in [7, 11) is -4.70. The molecule has 2 rings (SSSR count). The molecule has 2 aromatic carbocycles. The van der Waals surface area contributed by atoms with Gasteiger partial charge in [-0.1, -0.05) is 103 Å². The van der Waals surface area contributed by atoms with Gasteiger partial charge in [-0.3, -0.25) is 9.54 Å². The molecule has 6 nitrogen and oxygen atoms in total. The number of hydrogen-bond acceptors (Lipinski definition) is 6. The summed E-state index contributed by atoms with van der Waals surface area (Å²) in [4.78, 5) is 4.38. The molecule has 1 N–H and O–H groups in total. The van der Waals surface area contributed by atoms with Crippen molar-refractivity contribution < 1.29 is 36.0 Å². The zero-order chi connectivity index (χ0) is 29.0. The fourth-order valence-corrected chi connectivity index (χ4v) is 5.52. The van der Waals surface area contributed by atoms with E-state index in [1.54, 1.807) is 12.1 Å². The highest BCUT2D eigenvalue weighted by molar-refractivity contribution is 7.86. The molecule has 38 heavy (non-hydrogen) atoms. The number of oxime groups is 1. The summed E-state index contributed by atoms with van der Waals surface area (Å²) in [5, 5.41) is 12.4. The second kappa shape index (κ2) is 12.6. The van der Waals surface area contributed by atoms with E-state index in [1.165, 1.54) is 12.1 Å². The maximum Gasteiger partial charge on any atom is 0.437 e. The van der Waals surface area contributed by atoms with Crippen molar-refractivity contribution in [3.8, 4) is 0 Å². The van der Waals surface area contributed by atoms with Crippen molar-refractivity contribution in [2.45, 2.75) is 96.7 Å². The molecule has 0 amide bonds. The average Bonchev–Trinajstić information content (AvgIpc) is 2.83. The molecule has 0 radical (unpaired) electrons. The molecule has 0 saturated heterocycles. The van der Waals surface area contributed by atoms with E-state index in [1.807, 2.05) is 55.4 Å². The first-order valence-electron chi connectivity index (χ1n) is 12.7. The third kappa shape index (κ3) is 7.36. The van der Waals surface area contributed by atoms with Crippen molar-refractivity contribution in [1.82, 2.24) is 0 Å². The lowest BCUT2D eigenvalue weighted by atomic mass is 9.89. The summed E-state index contributed by atoms with van der Waals surface area (Å²) in [5.41, 5.74) is 0.447. The Morgan fingerprint density at radius 3 is 1.76 bits per heavy atom. The Kier molecular flexibility index (Phi) is 10.6. The number of alkyl halides is 3. The minimum atomic E-state index is -5.00. The average molecular weight is 558 g/mol. The van der Waals surface area contributed by atoms with Gasteiger partial charge in [0.2, 0.25) is 0 Å². The van der Waals surface area contributed by atoms with Crippen molar-refractivity contribution in [1.29, 1.82) is 0 Å². The van der Waals surface area contributed by atoms with E-state index in [0.29, 0.717) is 23.1 Å². The highest BCUT2D eigenvalue weighted by Gasteiger charge is 2.39. The molecule has 0 aliphatic rings. The maximum atomic E-state index is 14.0. The summed E-state index contributed by atoms with van der Waals surface area (Å²) in [6, 6.07) is 8.56. The molecule has 0 saturated carbocycles. The molecule has 0 heterocycles. The number of nitrogens with zero attached hydrogens (tertiary/aromatic N) is 1. The van der Waals surface area contributed by atoms with Crippen LogP contribution in [0.2, 0.25) is 0 Å². The molecule has 2 atom stereocenters. The molecule has 0 fully saturated rings. The Morgan fingerprint density at radius 1 is 0.895 bits per heavy atom. The van der Waals surface area contributed by atoms with E-state index in [2.05, 4.69) is 10.0 Å². The molecule has 0 spiro atoms. The molecule has 0 bridgehead atoms. The van der Waals surface area contributed by atoms with Crippen LogP contribution in [0.1, 0.15) is 113 Å². The third-order valence-electron chi connectivity index (χ3n) is 6.61. The largest absolute Gasteiger partial charge is 0.437 e. The van der Waals surface area contributed by atoms with Gasteiger partial charge in [-0.05, 0) is 45.9 Å². The zero-order valence-corrected chi connectivity index (χ0v) is 23.9. The van der Waals surface area contributed by atoms with Gasteiger partial charge in [0.15, 0.2) is 5.71 Å². The minimum Gasteiger partial charge on any atom is -0.264 e. The van der Waals surface area contributed by atoms with Gasteiger partial charge in [-0.2, -0.15) is 21.6 Å². The second-order valence-corrected chi connectivity index (χ2v) is 12.0. The Labute approximate surface area is 223 Å². The van der Waals surface area contributed by atoms with Crippen LogP contribution in [0.3, 0.4) is 0 Å². The van der Waals surface area contributed by atoms with Crippen LogP contribution in [0.15, 0.2) is 46.4 Å². The number of hydrogen-bond donors (Lipinski definition) is 1. The van der Waals surface area contributed by atoms with Gasteiger partial charge < -0.3 is 0 Å². The van der Waals surface area contributed by atoms with Crippen LogP contribution in [0.4, 0.5) is 13.2 Å². The summed E-state index contributed by atoms with van der Waals surface area (Å²) in [6.45, 7) is 15.0. The molecule has 0 aliphatic carbocycles. The van der Waals surface area contributed by atoms with Crippen LogP contribution in [0.25, 0.3) is 0 Å². The van der Waals surface area contributed by atoms with E-state index in [-0.39, 0.29) is 34.1 Å². The summed E-state index contributed by atoms with van der Waals surface area (Å²) < 4.78 is 73.5. The molecule has 2 unspecified atom stereocenters. The molecule has 0 aliphatic heterocycles. The van der Waals surface area contributed by atoms with Crippen LogP contribution in [0, 0.1) is 5.92 Å². The van der Waals surface area contributed by atoms with Gasteiger partial charge in [0.25, 0.3) is 0 Å². The number of benzene rings is 2. The highest BCUT2D eigenvalue weighted by atomic mass is 32.2. The SMILES string of the molecule is CCC(C)C(OO)c1ccc(/C(=N\OS(=O)(=O)c2c(C(C)C)cc(C(C)C)cc2C(C)C)C(F)(F)F)cc1. The van der Waals surface area contributed by atoms with Crippen LogP contribution in [-0.4, -0.2) is 25.6 Å². The van der Waals surface area contributed by atoms with Crippen molar-refractivity contribution in [2.24, 2.45) is 11.1 Å². The molecule has 10 heteroatoms. The fourth-order valence-electron chi connectivity index (χ4n) is 4.11. The first-order valence-corrected chi connectivity index (χ1v) is 14.1. The lowest BCUT2D eigenvalue weighted by Gasteiger charge is -2.22. The molecule has 212 valence electrons. The normalized spacial score (nSPS) is 14.9. The Bertz CT molecular complexity index is 1190. The topological polar surface area (TPSA) is 85.2 Å². The predicted octanol–water partition coefficient (Wildman–Crippen LogP) is 8.31. The fraction of sp³-hybridized carbons (Fsp3) is 0.536. The van der Waals surface area contributed by atoms with Crippen LogP contribution >= 0.6 is 0 Å². The number of halogens is 3. The Hall–Kier alpha value is -2.43. The van der Waals surface area contributed by atoms with Crippen LogP contribution < -0.4 is 0 Å². The van der Waals surface area contributed by atoms with E-state index < -0.39 is 28.1 Å². The molecular formula is C28H38F3NO5S. The molecular weight excluding hydrogens is 519 g/mol. The summed E-state index contributed by atoms with van der Waals surface area (Å²) in [6.07, 6.45) is -5.05.